The van der Waals surface area contributed by atoms with E-state index in [4.69, 9.17) is 0 Å². The molecule has 1 heterocycles. The van der Waals surface area contributed by atoms with Gasteiger partial charge in [-0.1, -0.05) is 48.5 Å². The van der Waals surface area contributed by atoms with Crippen LogP contribution in [0.25, 0.3) is 0 Å². The van der Waals surface area contributed by atoms with E-state index in [1.54, 1.807) is 0 Å². The predicted molar refractivity (Wildman–Crippen MR) is 62.2 cm³/mol. The number of carbonyl (C=O) groups excluding carboxylic acids is 1. The Kier molecular flexibility index (Phi) is 2.00. The fraction of sp³-hybridized carbons (Fsp3) is 0.0714. The SMILES string of the molecule is O=C1N[C@H](c2ccccc2)c2ccccc21. The molecule has 0 radical (unpaired) electrons. The summed E-state index contributed by atoms with van der Waals surface area (Å²) in [4.78, 5) is 11.7. The molecule has 2 aromatic carbocycles. The maximum atomic E-state index is 11.7. The van der Waals surface area contributed by atoms with Crippen LogP contribution in [0.5, 0.6) is 0 Å². The third-order valence-electron chi connectivity index (χ3n) is 2.92. The van der Waals surface area contributed by atoms with Crippen molar-refractivity contribution in [3.05, 3.63) is 71.3 Å². The van der Waals surface area contributed by atoms with E-state index in [0.717, 1.165) is 16.7 Å². The minimum absolute atomic E-state index is 0.00454. The lowest BCUT2D eigenvalue weighted by atomic mass is 9.99. The van der Waals surface area contributed by atoms with Crippen LogP contribution in [0.1, 0.15) is 27.5 Å². The molecule has 78 valence electrons. The molecule has 2 heteroatoms. The highest BCUT2D eigenvalue weighted by Crippen LogP contribution is 2.30. The van der Waals surface area contributed by atoms with Crippen LogP contribution in [0.4, 0.5) is 0 Å². The number of nitrogens with one attached hydrogen (secondary N) is 1. The highest BCUT2D eigenvalue weighted by atomic mass is 16.2. The number of rotatable bonds is 1. The van der Waals surface area contributed by atoms with Crippen LogP contribution >= 0.6 is 0 Å². The molecule has 3 rings (SSSR count). The second-order valence-electron chi connectivity index (χ2n) is 3.90. The summed E-state index contributed by atoms with van der Waals surface area (Å²) < 4.78 is 0. The van der Waals surface area contributed by atoms with Crippen LogP contribution in [0.15, 0.2) is 54.6 Å². The molecule has 16 heavy (non-hydrogen) atoms. The molecule has 0 spiro atoms. The third-order valence-corrected chi connectivity index (χ3v) is 2.92. The van der Waals surface area contributed by atoms with E-state index in [2.05, 4.69) is 5.32 Å². The van der Waals surface area contributed by atoms with Crippen molar-refractivity contribution in [3.8, 4) is 0 Å². The van der Waals surface area contributed by atoms with Gasteiger partial charge in [0.2, 0.25) is 0 Å². The summed E-state index contributed by atoms with van der Waals surface area (Å²) in [6.07, 6.45) is 0. The molecule has 1 amide bonds. The zero-order valence-electron chi connectivity index (χ0n) is 8.68. The second-order valence-corrected chi connectivity index (χ2v) is 3.90. The third kappa shape index (κ3) is 1.31. The smallest absolute Gasteiger partial charge is 0.252 e. The van der Waals surface area contributed by atoms with Gasteiger partial charge in [-0.25, -0.2) is 0 Å². The lowest BCUT2D eigenvalue weighted by Gasteiger charge is -2.11. The summed E-state index contributed by atoms with van der Waals surface area (Å²) >= 11 is 0. The van der Waals surface area contributed by atoms with Crippen LogP contribution in [-0.2, 0) is 0 Å². The molecule has 0 saturated carbocycles. The molecule has 0 fully saturated rings. The van der Waals surface area contributed by atoms with Gasteiger partial charge in [-0.15, -0.1) is 0 Å². The molecule has 0 aromatic heterocycles. The first kappa shape index (κ1) is 9.16. The maximum Gasteiger partial charge on any atom is 0.252 e. The van der Waals surface area contributed by atoms with Crippen molar-refractivity contribution in [3.63, 3.8) is 0 Å². The van der Waals surface area contributed by atoms with E-state index in [-0.39, 0.29) is 11.9 Å². The van der Waals surface area contributed by atoms with E-state index >= 15 is 0 Å². The van der Waals surface area contributed by atoms with E-state index in [9.17, 15) is 4.79 Å². The van der Waals surface area contributed by atoms with Crippen molar-refractivity contribution >= 4 is 5.91 Å². The molecular weight excluding hydrogens is 198 g/mol. The standard InChI is InChI=1S/C14H11NO/c16-14-12-9-5-4-8-11(12)13(15-14)10-6-2-1-3-7-10/h1-9,13H,(H,15,16)/t13-/m1/s1. The number of carbonyl (C=O) groups is 1. The van der Waals surface area contributed by atoms with Gasteiger partial charge in [0.1, 0.15) is 0 Å². The topological polar surface area (TPSA) is 29.1 Å². The molecule has 1 atom stereocenters. The number of hydrogen-bond acceptors (Lipinski definition) is 1. The Morgan fingerprint density at radius 1 is 0.875 bits per heavy atom. The van der Waals surface area contributed by atoms with Crippen molar-refractivity contribution in [1.29, 1.82) is 0 Å². The van der Waals surface area contributed by atoms with Gasteiger partial charge >= 0.3 is 0 Å². The van der Waals surface area contributed by atoms with Crippen LogP contribution in [0, 0.1) is 0 Å². The van der Waals surface area contributed by atoms with Crippen molar-refractivity contribution in [2.75, 3.05) is 0 Å². The number of benzene rings is 2. The van der Waals surface area contributed by atoms with Crippen molar-refractivity contribution in [2.45, 2.75) is 6.04 Å². The largest absolute Gasteiger partial charge is 0.341 e. The Morgan fingerprint density at radius 2 is 1.56 bits per heavy atom. The Hall–Kier alpha value is -2.09. The fourth-order valence-corrected chi connectivity index (χ4v) is 2.15. The summed E-state index contributed by atoms with van der Waals surface area (Å²) in [7, 11) is 0. The van der Waals surface area contributed by atoms with Crippen molar-refractivity contribution < 1.29 is 4.79 Å². The van der Waals surface area contributed by atoms with E-state index in [0.29, 0.717) is 0 Å². The normalized spacial score (nSPS) is 18.0. The minimum Gasteiger partial charge on any atom is -0.341 e. The quantitative estimate of drug-likeness (QED) is 0.768. The van der Waals surface area contributed by atoms with Crippen LogP contribution < -0.4 is 5.32 Å². The Labute approximate surface area is 93.9 Å². The summed E-state index contributed by atoms with van der Waals surface area (Å²) in [6, 6.07) is 17.8. The first-order chi connectivity index (χ1) is 7.86. The molecule has 1 aliphatic rings. The lowest BCUT2D eigenvalue weighted by molar-refractivity contribution is 0.0960. The molecule has 1 aliphatic heterocycles. The van der Waals surface area contributed by atoms with Gasteiger partial charge in [0, 0.05) is 5.56 Å². The molecule has 1 N–H and O–H groups in total. The number of fused-ring (bicyclic) bond motifs is 1. The van der Waals surface area contributed by atoms with Gasteiger partial charge in [0.25, 0.3) is 5.91 Å². The zero-order chi connectivity index (χ0) is 11.0. The summed E-state index contributed by atoms with van der Waals surface area (Å²) in [5, 5.41) is 3.00. The van der Waals surface area contributed by atoms with Gasteiger partial charge in [-0.3, -0.25) is 4.79 Å². The maximum absolute atomic E-state index is 11.7. The van der Waals surface area contributed by atoms with E-state index < -0.39 is 0 Å². The Morgan fingerprint density at radius 3 is 2.38 bits per heavy atom. The van der Waals surface area contributed by atoms with Gasteiger partial charge in [0.05, 0.1) is 6.04 Å². The number of hydrogen-bond donors (Lipinski definition) is 1. The Balaban J connectivity index is 2.11. The number of amides is 1. The molecule has 0 bridgehead atoms. The molecule has 0 aliphatic carbocycles. The van der Waals surface area contributed by atoms with Crippen LogP contribution in [0.2, 0.25) is 0 Å². The van der Waals surface area contributed by atoms with Gasteiger partial charge in [-0.2, -0.15) is 0 Å². The lowest BCUT2D eigenvalue weighted by Crippen LogP contribution is -2.19. The molecule has 0 unspecified atom stereocenters. The minimum atomic E-state index is 0.00454. The molecule has 2 aromatic rings. The van der Waals surface area contributed by atoms with Crippen LogP contribution in [0.3, 0.4) is 0 Å². The summed E-state index contributed by atoms with van der Waals surface area (Å²) in [5.74, 6) is 0.0180. The highest BCUT2D eigenvalue weighted by molar-refractivity contribution is 5.99. The molecule has 2 nitrogen and oxygen atoms in total. The second kappa shape index (κ2) is 3.49. The van der Waals surface area contributed by atoms with Crippen molar-refractivity contribution in [2.24, 2.45) is 0 Å². The van der Waals surface area contributed by atoms with Gasteiger partial charge < -0.3 is 5.32 Å². The first-order valence-electron chi connectivity index (χ1n) is 5.31. The average molecular weight is 209 g/mol. The van der Waals surface area contributed by atoms with Crippen LogP contribution in [-0.4, -0.2) is 5.91 Å². The fourth-order valence-electron chi connectivity index (χ4n) is 2.15. The molecule has 0 saturated heterocycles. The Bertz CT molecular complexity index is 533. The first-order valence-corrected chi connectivity index (χ1v) is 5.31. The summed E-state index contributed by atoms with van der Waals surface area (Å²) in [6.45, 7) is 0. The highest BCUT2D eigenvalue weighted by Gasteiger charge is 2.28. The van der Waals surface area contributed by atoms with E-state index in [1.165, 1.54) is 0 Å². The zero-order valence-corrected chi connectivity index (χ0v) is 8.68. The van der Waals surface area contributed by atoms with Crippen molar-refractivity contribution in [1.82, 2.24) is 5.32 Å². The predicted octanol–water partition coefficient (Wildman–Crippen LogP) is 2.52. The van der Waals surface area contributed by atoms with E-state index in [1.807, 2.05) is 54.6 Å². The monoisotopic (exact) mass is 209 g/mol. The molecular formula is C14H11NO. The van der Waals surface area contributed by atoms with Gasteiger partial charge in [-0.05, 0) is 17.2 Å². The average Bonchev–Trinajstić information content (AvgIpc) is 2.69. The summed E-state index contributed by atoms with van der Waals surface area (Å²) in [5.41, 5.74) is 2.98. The van der Waals surface area contributed by atoms with Gasteiger partial charge in [0.15, 0.2) is 0 Å².